The van der Waals surface area contributed by atoms with Crippen molar-refractivity contribution in [2.45, 2.75) is 0 Å². The smallest absolute Gasteiger partial charge is 0.138 e. The number of hydrogen-bond acceptors (Lipinski definition) is 2. The SMILES string of the molecule is C[NH+]1CC[NH+](CCOCCOc2ccc3ccccc3c2Cl)CC1. The molecule has 0 bridgehead atoms. The molecule has 1 fully saturated rings. The predicted octanol–water partition coefficient (Wildman–Crippen LogP) is 0.302. The lowest BCUT2D eigenvalue weighted by Gasteiger charge is -2.27. The summed E-state index contributed by atoms with van der Waals surface area (Å²) in [6.07, 6.45) is 0. The van der Waals surface area contributed by atoms with Crippen molar-refractivity contribution in [1.29, 1.82) is 0 Å². The van der Waals surface area contributed by atoms with Gasteiger partial charge in [-0.05, 0) is 11.5 Å². The lowest BCUT2D eigenvalue weighted by atomic mass is 10.1. The Labute approximate surface area is 148 Å². The summed E-state index contributed by atoms with van der Waals surface area (Å²) in [5, 5.41) is 2.83. The largest absolute Gasteiger partial charge is 0.490 e. The molecule has 0 radical (unpaired) electrons. The van der Waals surface area contributed by atoms with E-state index in [1.54, 1.807) is 9.80 Å². The van der Waals surface area contributed by atoms with Gasteiger partial charge in [-0.3, -0.25) is 0 Å². The molecule has 1 heterocycles. The van der Waals surface area contributed by atoms with Crippen molar-refractivity contribution in [3.63, 3.8) is 0 Å². The summed E-state index contributed by atoms with van der Waals surface area (Å²) in [5.74, 6) is 0.728. The number of halogens is 1. The van der Waals surface area contributed by atoms with Gasteiger partial charge in [0, 0.05) is 5.39 Å². The lowest BCUT2D eigenvalue weighted by molar-refractivity contribution is -1.00. The fourth-order valence-electron chi connectivity index (χ4n) is 3.13. The molecular weight excluding hydrogens is 324 g/mol. The van der Waals surface area contributed by atoms with E-state index in [4.69, 9.17) is 21.1 Å². The van der Waals surface area contributed by atoms with Gasteiger partial charge >= 0.3 is 0 Å². The zero-order chi connectivity index (χ0) is 16.8. The molecule has 1 aliphatic rings. The number of fused-ring (bicyclic) bond motifs is 1. The highest BCUT2D eigenvalue weighted by molar-refractivity contribution is 6.37. The van der Waals surface area contributed by atoms with Gasteiger partial charge in [-0.25, -0.2) is 0 Å². The van der Waals surface area contributed by atoms with Crippen LogP contribution in [0.5, 0.6) is 5.75 Å². The third kappa shape index (κ3) is 4.61. The van der Waals surface area contributed by atoms with Crippen molar-refractivity contribution in [2.24, 2.45) is 0 Å². The van der Waals surface area contributed by atoms with E-state index in [0.717, 1.165) is 29.7 Å². The predicted molar refractivity (Wildman–Crippen MR) is 97.5 cm³/mol. The van der Waals surface area contributed by atoms with Crippen LogP contribution in [0.1, 0.15) is 0 Å². The number of piperazine rings is 1. The van der Waals surface area contributed by atoms with Gasteiger partial charge in [-0.2, -0.15) is 0 Å². The average molecular weight is 351 g/mol. The Hall–Kier alpha value is -1.33. The van der Waals surface area contributed by atoms with Crippen LogP contribution >= 0.6 is 11.6 Å². The second-order valence-electron chi connectivity index (χ2n) is 6.52. The summed E-state index contributed by atoms with van der Waals surface area (Å²) in [5.41, 5.74) is 0. The number of hydrogen-bond donors (Lipinski definition) is 2. The minimum atomic E-state index is 0.528. The maximum atomic E-state index is 6.42. The third-order valence-electron chi connectivity index (χ3n) is 4.72. The van der Waals surface area contributed by atoms with E-state index < -0.39 is 0 Å². The van der Waals surface area contributed by atoms with Crippen LogP contribution in [0.25, 0.3) is 10.8 Å². The van der Waals surface area contributed by atoms with Crippen LogP contribution in [0.2, 0.25) is 5.02 Å². The number of rotatable bonds is 7. The topological polar surface area (TPSA) is 27.3 Å². The minimum absolute atomic E-state index is 0.528. The molecule has 2 aromatic carbocycles. The first-order chi connectivity index (χ1) is 11.7. The lowest BCUT2D eigenvalue weighted by Crippen LogP contribution is -3.27. The molecule has 1 saturated heterocycles. The van der Waals surface area contributed by atoms with Crippen molar-refractivity contribution in [2.75, 3.05) is 59.6 Å². The van der Waals surface area contributed by atoms with Gasteiger partial charge in [-0.1, -0.05) is 41.9 Å². The number of ether oxygens (including phenoxy) is 2. The van der Waals surface area contributed by atoms with E-state index in [-0.39, 0.29) is 0 Å². The highest BCUT2D eigenvalue weighted by Gasteiger charge is 2.19. The van der Waals surface area contributed by atoms with E-state index in [2.05, 4.69) is 13.1 Å². The summed E-state index contributed by atoms with van der Waals surface area (Å²) in [7, 11) is 2.27. The van der Waals surface area contributed by atoms with Gasteiger partial charge in [0.25, 0.3) is 0 Å². The van der Waals surface area contributed by atoms with E-state index in [1.165, 1.54) is 26.2 Å². The van der Waals surface area contributed by atoms with Crippen LogP contribution in [0, 0.1) is 0 Å². The molecule has 0 aromatic heterocycles. The summed E-state index contributed by atoms with van der Waals surface area (Å²) < 4.78 is 11.5. The second kappa shape index (κ2) is 8.67. The van der Waals surface area contributed by atoms with Crippen molar-refractivity contribution >= 4 is 22.4 Å². The van der Waals surface area contributed by atoms with E-state index in [9.17, 15) is 0 Å². The van der Waals surface area contributed by atoms with Crippen molar-refractivity contribution < 1.29 is 19.3 Å². The molecule has 1 aliphatic heterocycles. The van der Waals surface area contributed by atoms with Crippen LogP contribution in [0.15, 0.2) is 36.4 Å². The first-order valence-corrected chi connectivity index (χ1v) is 9.14. The maximum absolute atomic E-state index is 6.42. The van der Waals surface area contributed by atoms with Crippen LogP contribution in [0.4, 0.5) is 0 Å². The van der Waals surface area contributed by atoms with Crippen molar-refractivity contribution in [1.82, 2.24) is 0 Å². The van der Waals surface area contributed by atoms with Gasteiger partial charge < -0.3 is 19.3 Å². The molecule has 3 rings (SSSR count). The molecule has 0 amide bonds. The Morgan fingerprint density at radius 2 is 1.75 bits per heavy atom. The maximum Gasteiger partial charge on any atom is 0.138 e. The number of likely N-dealkylation sites (N-methyl/N-ethyl adjacent to an activating group) is 1. The molecule has 0 aliphatic carbocycles. The zero-order valence-electron chi connectivity index (χ0n) is 14.3. The monoisotopic (exact) mass is 350 g/mol. The highest BCUT2D eigenvalue weighted by Crippen LogP contribution is 2.32. The van der Waals surface area contributed by atoms with Crippen molar-refractivity contribution in [3.05, 3.63) is 41.4 Å². The van der Waals surface area contributed by atoms with Gasteiger partial charge in [0.05, 0.1) is 25.3 Å². The van der Waals surface area contributed by atoms with Crippen LogP contribution in [-0.4, -0.2) is 59.6 Å². The fraction of sp³-hybridized carbons (Fsp3) is 0.474. The molecule has 24 heavy (non-hydrogen) atoms. The van der Waals surface area contributed by atoms with Crippen LogP contribution in [0.3, 0.4) is 0 Å². The Kier molecular flexibility index (Phi) is 6.32. The molecule has 0 saturated carbocycles. The van der Waals surface area contributed by atoms with Crippen LogP contribution in [-0.2, 0) is 4.74 Å². The Balaban J connectivity index is 1.37. The highest BCUT2D eigenvalue weighted by atomic mass is 35.5. The quantitative estimate of drug-likeness (QED) is 0.703. The fourth-order valence-corrected chi connectivity index (χ4v) is 3.42. The standard InChI is InChI=1S/C19H25ClN2O2/c1-21-8-10-22(11-9-21)12-13-23-14-15-24-18-7-6-16-4-2-3-5-17(16)19(18)20/h2-7H,8-15H2,1H3/p+2. The van der Waals surface area contributed by atoms with E-state index in [0.29, 0.717) is 18.2 Å². The summed E-state index contributed by atoms with van der Waals surface area (Å²) in [6, 6.07) is 12.0. The molecule has 5 heteroatoms. The average Bonchev–Trinajstić information content (AvgIpc) is 2.61. The normalized spacial score (nSPS) is 21.1. The number of benzene rings is 2. The summed E-state index contributed by atoms with van der Waals surface area (Å²) in [6.45, 7) is 8.03. The van der Waals surface area contributed by atoms with Gasteiger partial charge in [0.2, 0.25) is 0 Å². The molecule has 2 aromatic rings. The molecule has 130 valence electrons. The van der Waals surface area contributed by atoms with Gasteiger partial charge in [0.15, 0.2) is 0 Å². The first-order valence-electron chi connectivity index (χ1n) is 8.76. The summed E-state index contributed by atoms with van der Waals surface area (Å²) in [4.78, 5) is 3.29. The number of nitrogens with one attached hydrogen (secondary N) is 2. The van der Waals surface area contributed by atoms with Gasteiger partial charge in [-0.15, -0.1) is 0 Å². The first kappa shape index (κ1) is 17.5. The Bertz CT molecular complexity index is 657. The van der Waals surface area contributed by atoms with Crippen LogP contribution < -0.4 is 14.5 Å². The minimum Gasteiger partial charge on any atom is -0.490 e. The number of quaternary nitrogens is 2. The molecular formula is C19H27ClN2O2+2. The molecule has 0 atom stereocenters. The third-order valence-corrected chi connectivity index (χ3v) is 5.11. The Morgan fingerprint density at radius 1 is 0.958 bits per heavy atom. The summed E-state index contributed by atoms with van der Waals surface area (Å²) >= 11 is 6.42. The Morgan fingerprint density at radius 3 is 2.58 bits per heavy atom. The van der Waals surface area contributed by atoms with Crippen molar-refractivity contribution in [3.8, 4) is 5.75 Å². The second-order valence-corrected chi connectivity index (χ2v) is 6.89. The van der Waals surface area contributed by atoms with E-state index in [1.807, 2.05) is 30.3 Å². The molecule has 0 unspecified atom stereocenters. The molecule has 4 nitrogen and oxygen atoms in total. The van der Waals surface area contributed by atoms with E-state index >= 15 is 0 Å². The molecule has 0 spiro atoms. The van der Waals surface area contributed by atoms with Gasteiger partial charge in [0.1, 0.15) is 45.1 Å². The zero-order valence-corrected chi connectivity index (χ0v) is 15.1. The molecule has 2 N–H and O–H groups in total.